The molecule has 0 amide bonds. The van der Waals surface area contributed by atoms with Gasteiger partial charge in [0.05, 0.1) is 24.2 Å². The van der Waals surface area contributed by atoms with Crippen LogP contribution in [0.15, 0.2) is 76.6 Å². The van der Waals surface area contributed by atoms with Crippen molar-refractivity contribution in [2.24, 2.45) is 5.10 Å². The zero-order valence-corrected chi connectivity index (χ0v) is 23.6. The molecule has 0 aliphatic heterocycles. The predicted molar refractivity (Wildman–Crippen MR) is 160 cm³/mol. The Balaban J connectivity index is 1.70. The number of ether oxygens (including phenoxy) is 1. The van der Waals surface area contributed by atoms with Gasteiger partial charge in [0.15, 0.2) is 5.82 Å². The van der Waals surface area contributed by atoms with Crippen LogP contribution in [0, 0.1) is 27.7 Å². The average molecular weight is 519 g/mol. The van der Waals surface area contributed by atoms with Crippen molar-refractivity contribution < 1.29 is 4.74 Å². The van der Waals surface area contributed by atoms with Gasteiger partial charge in [-0.25, -0.2) is 4.98 Å². The van der Waals surface area contributed by atoms with E-state index >= 15 is 0 Å². The molecule has 0 spiro atoms. The van der Waals surface area contributed by atoms with Gasteiger partial charge in [-0.3, -0.25) is 4.79 Å². The van der Waals surface area contributed by atoms with Crippen LogP contribution in [-0.4, -0.2) is 27.6 Å². The van der Waals surface area contributed by atoms with Gasteiger partial charge in [-0.2, -0.15) is 9.78 Å². The molecule has 0 bridgehead atoms. The molecule has 0 saturated heterocycles. The molecule has 5 rings (SSSR count). The molecule has 0 saturated carbocycles. The van der Waals surface area contributed by atoms with Gasteiger partial charge in [-0.05, 0) is 87.2 Å². The van der Waals surface area contributed by atoms with Gasteiger partial charge < -0.3 is 9.30 Å². The number of hydrogen-bond donors (Lipinski definition) is 0. The van der Waals surface area contributed by atoms with E-state index in [4.69, 9.17) is 14.8 Å². The Bertz CT molecular complexity index is 1770. The second-order valence-corrected chi connectivity index (χ2v) is 10.4. The van der Waals surface area contributed by atoms with Crippen LogP contribution in [0.4, 0.5) is 0 Å². The fourth-order valence-electron chi connectivity index (χ4n) is 5.10. The zero-order valence-electron chi connectivity index (χ0n) is 23.6. The lowest BCUT2D eigenvalue weighted by Gasteiger charge is -2.17. The average Bonchev–Trinajstić information content (AvgIpc) is 3.20. The number of fused-ring (bicyclic) bond motifs is 1. The van der Waals surface area contributed by atoms with Crippen molar-refractivity contribution >= 4 is 17.1 Å². The standard InChI is InChI=1S/C33H34N4O2/c1-20(2)28-18-29(22(4)16-31(28)39-7)32-35-30-11-9-8-10-27(30)33(38)37(32)34-19-25-17-23(5)36(24(25)6)26-14-12-21(3)13-15-26/h8-20H,1-7H3. The lowest BCUT2D eigenvalue weighted by atomic mass is 9.96. The maximum absolute atomic E-state index is 13.8. The molecule has 0 atom stereocenters. The quantitative estimate of drug-likeness (QED) is 0.225. The van der Waals surface area contributed by atoms with Gasteiger partial charge in [-0.1, -0.05) is 43.7 Å². The molecule has 198 valence electrons. The first-order chi connectivity index (χ1) is 18.7. The van der Waals surface area contributed by atoms with Crippen LogP contribution in [0.1, 0.15) is 53.4 Å². The molecule has 0 aliphatic rings. The van der Waals surface area contributed by atoms with E-state index in [9.17, 15) is 4.79 Å². The van der Waals surface area contributed by atoms with Crippen molar-refractivity contribution in [1.29, 1.82) is 0 Å². The van der Waals surface area contributed by atoms with Crippen molar-refractivity contribution in [2.75, 3.05) is 7.11 Å². The smallest absolute Gasteiger partial charge is 0.282 e. The molecule has 0 unspecified atom stereocenters. The highest BCUT2D eigenvalue weighted by atomic mass is 16.5. The molecule has 3 aromatic carbocycles. The summed E-state index contributed by atoms with van der Waals surface area (Å²) < 4.78 is 9.29. The highest BCUT2D eigenvalue weighted by Crippen LogP contribution is 2.34. The number of para-hydroxylation sites is 1. The number of aryl methyl sites for hydroxylation is 3. The lowest BCUT2D eigenvalue weighted by molar-refractivity contribution is 0.407. The number of hydrogen-bond acceptors (Lipinski definition) is 4. The number of benzene rings is 3. The van der Waals surface area contributed by atoms with Crippen molar-refractivity contribution in [1.82, 2.24) is 14.2 Å². The van der Waals surface area contributed by atoms with Crippen molar-refractivity contribution in [3.8, 4) is 22.8 Å². The molecule has 0 fully saturated rings. The molecule has 0 N–H and O–H groups in total. The monoisotopic (exact) mass is 518 g/mol. The van der Waals surface area contributed by atoms with Crippen LogP contribution < -0.4 is 10.3 Å². The minimum atomic E-state index is -0.208. The molecule has 6 heteroatoms. The van der Waals surface area contributed by atoms with Crippen LogP contribution in [0.25, 0.3) is 28.0 Å². The summed E-state index contributed by atoms with van der Waals surface area (Å²) in [5.41, 5.74) is 8.68. The van der Waals surface area contributed by atoms with Crippen molar-refractivity contribution in [2.45, 2.75) is 47.5 Å². The van der Waals surface area contributed by atoms with E-state index in [-0.39, 0.29) is 11.5 Å². The summed E-state index contributed by atoms with van der Waals surface area (Å²) in [7, 11) is 1.68. The Morgan fingerprint density at radius 1 is 0.949 bits per heavy atom. The summed E-state index contributed by atoms with van der Waals surface area (Å²) in [6.45, 7) is 12.5. The Morgan fingerprint density at radius 2 is 1.67 bits per heavy atom. The summed E-state index contributed by atoms with van der Waals surface area (Å²) in [6, 6.07) is 22.0. The largest absolute Gasteiger partial charge is 0.496 e. The first-order valence-electron chi connectivity index (χ1n) is 13.2. The highest BCUT2D eigenvalue weighted by Gasteiger charge is 2.18. The third-order valence-electron chi connectivity index (χ3n) is 7.27. The van der Waals surface area contributed by atoms with Crippen molar-refractivity contribution in [3.63, 3.8) is 0 Å². The van der Waals surface area contributed by atoms with Crippen LogP contribution in [0.5, 0.6) is 5.75 Å². The highest BCUT2D eigenvalue weighted by molar-refractivity contribution is 5.84. The molecule has 2 heterocycles. The summed E-state index contributed by atoms with van der Waals surface area (Å²) >= 11 is 0. The Hall–Kier alpha value is -4.45. The van der Waals surface area contributed by atoms with Gasteiger partial charge in [0, 0.05) is 28.2 Å². The summed E-state index contributed by atoms with van der Waals surface area (Å²) in [5.74, 6) is 1.56. The van der Waals surface area contributed by atoms with Gasteiger partial charge in [0.25, 0.3) is 5.56 Å². The molecule has 39 heavy (non-hydrogen) atoms. The van der Waals surface area contributed by atoms with E-state index in [0.717, 1.165) is 45.1 Å². The van der Waals surface area contributed by atoms with Gasteiger partial charge in [0.1, 0.15) is 5.75 Å². The second-order valence-electron chi connectivity index (χ2n) is 10.4. The molecular formula is C33H34N4O2. The summed E-state index contributed by atoms with van der Waals surface area (Å²) in [4.78, 5) is 18.7. The number of aromatic nitrogens is 3. The van der Waals surface area contributed by atoms with E-state index in [1.807, 2.05) is 31.2 Å². The van der Waals surface area contributed by atoms with E-state index < -0.39 is 0 Å². The van der Waals surface area contributed by atoms with E-state index in [1.165, 1.54) is 10.2 Å². The fraction of sp³-hybridized carbons (Fsp3) is 0.242. The maximum Gasteiger partial charge on any atom is 0.282 e. The first-order valence-corrected chi connectivity index (χ1v) is 13.2. The van der Waals surface area contributed by atoms with Gasteiger partial charge >= 0.3 is 0 Å². The van der Waals surface area contributed by atoms with E-state index in [0.29, 0.717) is 16.7 Å². The van der Waals surface area contributed by atoms with Gasteiger partial charge in [-0.15, -0.1) is 0 Å². The van der Waals surface area contributed by atoms with Gasteiger partial charge in [0.2, 0.25) is 0 Å². The zero-order chi connectivity index (χ0) is 27.8. The summed E-state index contributed by atoms with van der Waals surface area (Å²) in [6.07, 6.45) is 1.76. The predicted octanol–water partition coefficient (Wildman–Crippen LogP) is 7.10. The Labute approximate surface area is 229 Å². The Morgan fingerprint density at radius 3 is 2.36 bits per heavy atom. The normalized spacial score (nSPS) is 11.7. The molecular weight excluding hydrogens is 484 g/mol. The molecule has 6 nitrogen and oxygen atoms in total. The second kappa shape index (κ2) is 10.4. The summed E-state index contributed by atoms with van der Waals surface area (Å²) in [5, 5.41) is 5.28. The minimum Gasteiger partial charge on any atom is -0.496 e. The van der Waals surface area contributed by atoms with Crippen molar-refractivity contribution in [3.05, 3.63) is 111 Å². The third-order valence-corrected chi connectivity index (χ3v) is 7.27. The van der Waals surface area contributed by atoms with Crippen LogP contribution in [0.3, 0.4) is 0 Å². The van der Waals surface area contributed by atoms with Crippen LogP contribution >= 0.6 is 0 Å². The van der Waals surface area contributed by atoms with E-state index in [2.05, 4.69) is 75.6 Å². The molecule has 0 radical (unpaired) electrons. The van der Waals surface area contributed by atoms with E-state index in [1.54, 1.807) is 19.4 Å². The number of rotatable bonds is 6. The molecule has 5 aromatic rings. The molecule has 0 aliphatic carbocycles. The Kier molecular flexibility index (Phi) is 6.96. The van der Waals surface area contributed by atoms with Crippen LogP contribution in [0.2, 0.25) is 0 Å². The minimum absolute atomic E-state index is 0.208. The van der Waals surface area contributed by atoms with Crippen LogP contribution in [-0.2, 0) is 0 Å². The number of methoxy groups -OCH3 is 1. The third kappa shape index (κ3) is 4.78. The lowest BCUT2D eigenvalue weighted by Crippen LogP contribution is -2.21. The topological polar surface area (TPSA) is 61.4 Å². The first kappa shape index (κ1) is 26.2. The maximum atomic E-state index is 13.8. The fourth-order valence-corrected chi connectivity index (χ4v) is 5.10. The number of nitrogens with zero attached hydrogens (tertiary/aromatic N) is 4. The SMILES string of the molecule is COc1cc(C)c(-c2nc3ccccc3c(=O)n2N=Cc2cc(C)n(-c3ccc(C)cc3)c2C)cc1C(C)C. The molecule has 2 aromatic heterocycles.